The maximum atomic E-state index is 13.6. The lowest BCUT2D eigenvalue weighted by Crippen LogP contribution is -2.47. The lowest BCUT2D eigenvalue weighted by Gasteiger charge is -2.33. The summed E-state index contributed by atoms with van der Waals surface area (Å²) in [6, 6.07) is 12.2. The Hall–Kier alpha value is -3.22. The Morgan fingerprint density at radius 3 is 2.67 bits per heavy atom. The highest BCUT2D eigenvalue weighted by Crippen LogP contribution is 2.23. The molecule has 2 aromatic heterocycles. The third-order valence-corrected chi connectivity index (χ3v) is 6.94. The molecule has 1 atom stereocenters. The van der Waals surface area contributed by atoms with Crippen LogP contribution in [0.1, 0.15) is 49.7 Å². The van der Waals surface area contributed by atoms with E-state index in [1.165, 1.54) is 18.4 Å². The van der Waals surface area contributed by atoms with Crippen molar-refractivity contribution in [2.45, 2.75) is 58.0 Å². The van der Waals surface area contributed by atoms with Gasteiger partial charge < -0.3 is 10.2 Å². The van der Waals surface area contributed by atoms with E-state index in [9.17, 15) is 9.59 Å². The van der Waals surface area contributed by atoms with Gasteiger partial charge >= 0.3 is 0 Å². The first kappa shape index (κ1) is 21.6. The number of rotatable bonds is 5. The number of carbonyl (C=O) groups is 1. The summed E-state index contributed by atoms with van der Waals surface area (Å²) in [5.41, 5.74) is 3.34. The summed E-state index contributed by atoms with van der Waals surface area (Å²) in [6.07, 6.45) is 7.94. The van der Waals surface area contributed by atoms with E-state index in [2.05, 4.69) is 22.4 Å². The van der Waals surface area contributed by atoms with Gasteiger partial charge in [-0.3, -0.25) is 14.2 Å². The summed E-state index contributed by atoms with van der Waals surface area (Å²) in [4.78, 5) is 37.7. The molecule has 2 aliphatic rings. The molecule has 33 heavy (non-hydrogen) atoms. The number of hydrogen-bond acceptors (Lipinski definition) is 5. The van der Waals surface area contributed by atoms with Crippen LogP contribution < -0.4 is 15.8 Å². The molecule has 1 aromatic carbocycles. The van der Waals surface area contributed by atoms with Crippen LogP contribution in [0.5, 0.6) is 0 Å². The first-order chi connectivity index (χ1) is 16.1. The van der Waals surface area contributed by atoms with Gasteiger partial charge in [0.2, 0.25) is 5.91 Å². The highest BCUT2D eigenvalue weighted by molar-refractivity contribution is 5.80. The normalized spacial score (nSPS) is 19.2. The van der Waals surface area contributed by atoms with Crippen molar-refractivity contribution in [2.24, 2.45) is 5.92 Å². The summed E-state index contributed by atoms with van der Waals surface area (Å²) in [5.74, 6) is 0.422. The summed E-state index contributed by atoms with van der Waals surface area (Å²) >= 11 is 0. The van der Waals surface area contributed by atoms with E-state index in [1.54, 1.807) is 10.8 Å². The van der Waals surface area contributed by atoms with Crippen LogP contribution >= 0.6 is 0 Å². The minimum absolute atomic E-state index is 0.115. The van der Waals surface area contributed by atoms with Crippen molar-refractivity contribution in [1.29, 1.82) is 0 Å². The Balaban J connectivity index is 1.44. The lowest BCUT2D eigenvalue weighted by molar-refractivity contribution is -0.125. The molecule has 1 amide bonds. The molecule has 172 valence electrons. The Bertz CT molecular complexity index is 1200. The first-order valence-electron chi connectivity index (χ1n) is 12.0. The number of aryl methyl sites for hydroxylation is 1. The molecule has 1 saturated heterocycles. The monoisotopic (exact) mass is 445 g/mol. The summed E-state index contributed by atoms with van der Waals surface area (Å²) in [6.45, 7) is 3.73. The number of benzene rings is 1. The number of nitrogens with zero attached hydrogens (tertiary/aromatic N) is 4. The van der Waals surface area contributed by atoms with Crippen molar-refractivity contribution in [3.63, 3.8) is 0 Å². The van der Waals surface area contributed by atoms with Crippen LogP contribution in [0.3, 0.4) is 0 Å². The molecule has 7 heteroatoms. The highest BCUT2D eigenvalue weighted by atomic mass is 16.2. The predicted octanol–water partition coefficient (Wildman–Crippen LogP) is 3.42. The maximum absolute atomic E-state index is 13.6. The third kappa shape index (κ3) is 4.63. The average Bonchev–Trinajstić information content (AvgIpc) is 3.35. The van der Waals surface area contributed by atoms with Gasteiger partial charge in [-0.2, -0.15) is 0 Å². The van der Waals surface area contributed by atoms with E-state index in [1.807, 2.05) is 36.1 Å². The molecular weight excluding hydrogens is 414 g/mol. The van der Waals surface area contributed by atoms with E-state index in [0.717, 1.165) is 37.8 Å². The Kier molecular flexibility index (Phi) is 6.11. The second-order valence-corrected chi connectivity index (χ2v) is 9.43. The van der Waals surface area contributed by atoms with E-state index in [-0.39, 0.29) is 17.4 Å². The number of piperidine rings is 1. The minimum atomic E-state index is -0.154. The van der Waals surface area contributed by atoms with Crippen molar-refractivity contribution in [1.82, 2.24) is 19.9 Å². The van der Waals surface area contributed by atoms with E-state index in [4.69, 9.17) is 4.98 Å². The number of carbonyl (C=O) groups excluding carboxylic acids is 1. The van der Waals surface area contributed by atoms with E-state index < -0.39 is 0 Å². The molecule has 0 bridgehead atoms. The van der Waals surface area contributed by atoms with Crippen molar-refractivity contribution < 1.29 is 4.79 Å². The molecule has 0 spiro atoms. The molecule has 0 radical (unpaired) electrons. The molecule has 7 nitrogen and oxygen atoms in total. The fourth-order valence-corrected chi connectivity index (χ4v) is 5.06. The molecule has 1 aliphatic heterocycles. The number of pyridine rings is 1. The predicted molar refractivity (Wildman–Crippen MR) is 129 cm³/mol. The molecule has 3 heterocycles. The number of anilines is 1. The third-order valence-electron chi connectivity index (χ3n) is 6.94. The van der Waals surface area contributed by atoms with Gasteiger partial charge in [0.05, 0.1) is 12.5 Å². The molecule has 2 fully saturated rings. The second-order valence-electron chi connectivity index (χ2n) is 9.43. The van der Waals surface area contributed by atoms with Crippen LogP contribution in [0.4, 0.5) is 5.82 Å². The smallest absolute Gasteiger partial charge is 0.295 e. The second kappa shape index (κ2) is 9.33. The van der Waals surface area contributed by atoms with Gasteiger partial charge in [-0.15, -0.1) is 0 Å². The standard InChI is InChI=1S/C26H31N5O2/c1-18-10-12-19(13-11-18)16-31-23-22(9-4-14-27-23)29-24(26(31)33)30-15-5-6-20(17-30)25(32)28-21-7-2-3-8-21/h4,9-14,20-21H,2-3,5-8,15-17H2,1H3,(H,28,32)/t20-/m1/s1. The fourth-order valence-electron chi connectivity index (χ4n) is 5.06. The van der Waals surface area contributed by atoms with Crippen LogP contribution in [0, 0.1) is 12.8 Å². The molecule has 1 N–H and O–H groups in total. The van der Waals surface area contributed by atoms with Gasteiger partial charge in [0.1, 0.15) is 5.52 Å². The van der Waals surface area contributed by atoms with Crippen LogP contribution in [-0.2, 0) is 11.3 Å². The Morgan fingerprint density at radius 1 is 1.09 bits per heavy atom. The fraction of sp³-hybridized carbons (Fsp3) is 0.462. The van der Waals surface area contributed by atoms with Gasteiger partial charge in [0, 0.05) is 25.3 Å². The topological polar surface area (TPSA) is 80.1 Å². The van der Waals surface area contributed by atoms with Crippen LogP contribution in [0.15, 0.2) is 47.4 Å². The Morgan fingerprint density at radius 2 is 1.88 bits per heavy atom. The van der Waals surface area contributed by atoms with Crippen molar-refractivity contribution >= 4 is 22.9 Å². The molecule has 0 unspecified atom stereocenters. The zero-order valence-electron chi connectivity index (χ0n) is 19.2. The lowest BCUT2D eigenvalue weighted by atomic mass is 9.96. The van der Waals surface area contributed by atoms with Crippen molar-refractivity contribution in [3.8, 4) is 0 Å². The van der Waals surface area contributed by atoms with Gasteiger partial charge in [-0.25, -0.2) is 9.97 Å². The quantitative estimate of drug-likeness (QED) is 0.651. The number of aromatic nitrogens is 3. The molecular formula is C26H31N5O2. The van der Waals surface area contributed by atoms with Crippen LogP contribution in [0.25, 0.3) is 11.2 Å². The molecule has 3 aromatic rings. The number of hydrogen-bond donors (Lipinski definition) is 1. The molecule has 1 saturated carbocycles. The van der Waals surface area contributed by atoms with E-state index >= 15 is 0 Å². The zero-order chi connectivity index (χ0) is 22.8. The maximum Gasteiger partial charge on any atom is 0.295 e. The first-order valence-corrected chi connectivity index (χ1v) is 12.0. The number of amides is 1. The largest absolute Gasteiger partial charge is 0.353 e. The summed E-state index contributed by atoms with van der Waals surface area (Å²) < 4.78 is 1.71. The minimum Gasteiger partial charge on any atom is -0.353 e. The summed E-state index contributed by atoms with van der Waals surface area (Å²) in [5, 5.41) is 3.23. The van der Waals surface area contributed by atoms with E-state index in [0.29, 0.717) is 36.1 Å². The zero-order valence-corrected chi connectivity index (χ0v) is 19.2. The van der Waals surface area contributed by atoms with Crippen LogP contribution in [0.2, 0.25) is 0 Å². The SMILES string of the molecule is Cc1ccc(Cn2c(=O)c(N3CCC[C@@H](C(=O)NC4CCCC4)C3)nc3cccnc32)cc1. The average molecular weight is 446 g/mol. The number of fused-ring (bicyclic) bond motifs is 1. The van der Waals surface area contributed by atoms with Gasteiger partial charge in [0.25, 0.3) is 5.56 Å². The van der Waals surface area contributed by atoms with Crippen molar-refractivity contribution in [2.75, 3.05) is 18.0 Å². The van der Waals surface area contributed by atoms with Gasteiger partial charge in [0.15, 0.2) is 11.5 Å². The summed E-state index contributed by atoms with van der Waals surface area (Å²) in [7, 11) is 0. The highest BCUT2D eigenvalue weighted by Gasteiger charge is 2.30. The van der Waals surface area contributed by atoms with Gasteiger partial charge in [-0.05, 0) is 50.3 Å². The molecule has 5 rings (SSSR count). The van der Waals surface area contributed by atoms with Crippen molar-refractivity contribution in [3.05, 3.63) is 64.1 Å². The number of nitrogens with one attached hydrogen (secondary N) is 1. The Labute approximate surface area is 193 Å². The van der Waals surface area contributed by atoms with Gasteiger partial charge in [-0.1, -0.05) is 42.7 Å². The molecule has 1 aliphatic carbocycles. The van der Waals surface area contributed by atoms with Crippen LogP contribution in [-0.4, -0.2) is 39.6 Å².